The molecular formula is C16H18N2O6S. The van der Waals surface area contributed by atoms with E-state index in [9.17, 15) is 18.0 Å². The molecule has 1 saturated heterocycles. The molecule has 0 amide bonds. The summed E-state index contributed by atoms with van der Waals surface area (Å²) in [6.07, 6.45) is 2.89. The summed E-state index contributed by atoms with van der Waals surface area (Å²) in [4.78, 5) is 23.8. The molecule has 0 atom stereocenters. The van der Waals surface area contributed by atoms with Crippen LogP contribution in [0.4, 0.5) is 5.69 Å². The summed E-state index contributed by atoms with van der Waals surface area (Å²) in [5.74, 6) is -2.88. The molecule has 1 aliphatic heterocycles. The van der Waals surface area contributed by atoms with Gasteiger partial charge in [0.2, 0.25) is 10.0 Å². The van der Waals surface area contributed by atoms with Crippen LogP contribution in [-0.2, 0) is 29.1 Å². The fourth-order valence-corrected chi connectivity index (χ4v) is 3.46. The van der Waals surface area contributed by atoms with E-state index in [1.807, 2.05) is 0 Å². The predicted octanol–water partition coefficient (Wildman–Crippen LogP) is 1.26. The van der Waals surface area contributed by atoms with E-state index in [1.54, 1.807) is 0 Å². The molecule has 2 fully saturated rings. The van der Waals surface area contributed by atoms with Crippen LogP contribution in [0.25, 0.3) is 0 Å². The SMILES string of the molecule is CC1(C)OC(=O)C(=CNc2ccc(S(=O)(=O)NC3CC3)cc2)C(=O)O1. The lowest BCUT2D eigenvalue weighted by Gasteiger charge is -2.29. The zero-order valence-electron chi connectivity index (χ0n) is 13.7. The molecule has 3 rings (SSSR count). The van der Waals surface area contributed by atoms with Crippen LogP contribution in [0.15, 0.2) is 40.9 Å². The minimum Gasteiger partial charge on any atom is -0.419 e. The molecule has 0 bridgehead atoms. The Morgan fingerprint density at radius 3 is 2.16 bits per heavy atom. The van der Waals surface area contributed by atoms with Gasteiger partial charge in [-0.15, -0.1) is 0 Å². The van der Waals surface area contributed by atoms with E-state index in [0.717, 1.165) is 12.8 Å². The molecule has 0 aromatic heterocycles. The molecule has 2 N–H and O–H groups in total. The monoisotopic (exact) mass is 366 g/mol. The van der Waals surface area contributed by atoms with Gasteiger partial charge in [0.1, 0.15) is 0 Å². The fraction of sp³-hybridized carbons (Fsp3) is 0.375. The second-order valence-electron chi connectivity index (χ2n) is 6.30. The van der Waals surface area contributed by atoms with Crippen molar-refractivity contribution in [3.05, 3.63) is 36.0 Å². The van der Waals surface area contributed by atoms with E-state index in [0.29, 0.717) is 5.69 Å². The van der Waals surface area contributed by atoms with Crippen molar-refractivity contribution >= 4 is 27.6 Å². The van der Waals surface area contributed by atoms with Crippen molar-refractivity contribution in [2.45, 2.75) is 43.4 Å². The number of nitrogens with one attached hydrogen (secondary N) is 2. The molecular weight excluding hydrogens is 348 g/mol. The number of sulfonamides is 1. The number of esters is 2. The van der Waals surface area contributed by atoms with Crippen LogP contribution in [0.2, 0.25) is 0 Å². The van der Waals surface area contributed by atoms with Crippen molar-refractivity contribution < 1.29 is 27.5 Å². The van der Waals surface area contributed by atoms with Crippen molar-refractivity contribution in [2.75, 3.05) is 5.32 Å². The normalized spacial score (nSPS) is 19.8. The molecule has 8 nitrogen and oxygen atoms in total. The molecule has 1 aromatic rings. The Bertz CT molecular complexity index is 816. The Kier molecular flexibility index (Phi) is 4.29. The number of ether oxygens (including phenoxy) is 2. The second kappa shape index (κ2) is 6.16. The summed E-state index contributed by atoms with van der Waals surface area (Å²) in [6, 6.07) is 5.96. The quantitative estimate of drug-likeness (QED) is 0.458. The van der Waals surface area contributed by atoms with Crippen molar-refractivity contribution in [1.82, 2.24) is 4.72 Å². The van der Waals surface area contributed by atoms with Crippen molar-refractivity contribution in [3.8, 4) is 0 Å². The summed E-state index contributed by atoms with van der Waals surface area (Å²) in [6.45, 7) is 2.92. The highest BCUT2D eigenvalue weighted by Crippen LogP contribution is 2.24. The molecule has 1 saturated carbocycles. The second-order valence-corrected chi connectivity index (χ2v) is 8.02. The minimum absolute atomic E-state index is 0.0279. The Hall–Kier alpha value is -2.39. The van der Waals surface area contributed by atoms with Gasteiger partial charge in [-0.1, -0.05) is 0 Å². The number of anilines is 1. The summed E-state index contributed by atoms with van der Waals surface area (Å²) >= 11 is 0. The van der Waals surface area contributed by atoms with Gasteiger partial charge < -0.3 is 14.8 Å². The van der Waals surface area contributed by atoms with E-state index in [2.05, 4.69) is 10.0 Å². The van der Waals surface area contributed by atoms with E-state index in [-0.39, 0.29) is 16.5 Å². The number of rotatable bonds is 5. The summed E-state index contributed by atoms with van der Waals surface area (Å²) < 4.78 is 36.7. The first-order valence-electron chi connectivity index (χ1n) is 7.72. The van der Waals surface area contributed by atoms with Gasteiger partial charge in [0.05, 0.1) is 4.90 Å². The van der Waals surface area contributed by atoms with Crippen molar-refractivity contribution in [3.63, 3.8) is 0 Å². The number of carbonyl (C=O) groups excluding carboxylic acids is 2. The molecule has 0 radical (unpaired) electrons. The first-order chi connectivity index (χ1) is 11.7. The zero-order chi connectivity index (χ0) is 18.2. The number of benzene rings is 1. The number of hydrogen-bond donors (Lipinski definition) is 2. The van der Waals surface area contributed by atoms with Gasteiger partial charge in [-0.3, -0.25) is 0 Å². The third-order valence-electron chi connectivity index (χ3n) is 3.56. The average Bonchev–Trinajstić information content (AvgIpc) is 3.29. The van der Waals surface area contributed by atoms with Crippen molar-refractivity contribution in [2.24, 2.45) is 0 Å². The first-order valence-corrected chi connectivity index (χ1v) is 9.20. The molecule has 1 aliphatic carbocycles. The fourth-order valence-electron chi connectivity index (χ4n) is 2.15. The lowest BCUT2D eigenvalue weighted by Crippen LogP contribution is -2.42. The maximum Gasteiger partial charge on any atom is 0.350 e. The van der Waals surface area contributed by atoms with Crippen LogP contribution in [-0.4, -0.2) is 32.2 Å². The lowest BCUT2D eigenvalue weighted by atomic mass is 10.2. The Labute approximate surface area is 145 Å². The molecule has 0 unspecified atom stereocenters. The highest BCUT2D eigenvalue weighted by Gasteiger charge is 2.38. The van der Waals surface area contributed by atoms with Gasteiger partial charge in [0, 0.05) is 31.8 Å². The number of cyclic esters (lactones) is 2. The Morgan fingerprint density at radius 2 is 1.64 bits per heavy atom. The smallest absolute Gasteiger partial charge is 0.350 e. The van der Waals surface area contributed by atoms with Crippen molar-refractivity contribution in [1.29, 1.82) is 0 Å². The lowest BCUT2D eigenvalue weighted by molar-refractivity contribution is -0.222. The average molecular weight is 366 g/mol. The maximum absolute atomic E-state index is 12.1. The van der Waals surface area contributed by atoms with Crippen LogP contribution in [0.3, 0.4) is 0 Å². The molecule has 9 heteroatoms. The Morgan fingerprint density at radius 1 is 1.08 bits per heavy atom. The molecule has 134 valence electrons. The molecule has 1 heterocycles. The van der Waals surface area contributed by atoms with Gasteiger partial charge in [-0.25, -0.2) is 22.7 Å². The highest BCUT2D eigenvalue weighted by atomic mass is 32.2. The van der Waals surface area contributed by atoms with Crippen LogP contribution >= 0.6 is 0 Å². The standard InChI is InChI=1S/C16H18N2O6S/c1-16(2)23-14(19)13(15(20)24-16)9-17-10-5-7-12(8-6-10)25(21,22)18-11-3-4-11/h5-9,11,17-18H,3-4H2,1-2H3. The van der Waals surface area contributed by atoms with E-state index < -0.39 is 27.7 Å². The topological polar surface area (TPSA) is 111 Å². The zero-order valence-corrected chi connectivity index (χ0v) is 14.6. The number of carbonyl (C=O) groups is 2. The van der Waals surface area contributed by atoms with Gasteiger partial charge >= 0.3 is 11.9 Å². The van der Waals surface area contributed by atoms with E-state index in [1.165, 1.54) is 44.3 Å². The third kappa shape index (κ3) is 4.18. The van der Waals surface area contributed by atoms with Gasteiger partial charge in [-0.05, 0) is 37.1 Å². The van der Waals surface area contributed by atoms with Gasteiger partial charge in [-0.2, -0.15) is 0 Å². The summed E-state index contributed by atoms with van der Waals surface area (Å²) in [5, 5.41) is 2.76. The molecule has 25 heavy (non-hydrogen) atoms. The molecule has 1 aromatic carbocycles. The largest absolute Gasteiger partial charge is 0.419 e. The highest BCUT2D eigenvalue weighted by molar-refractivity contribution is 7.89. The van der Waals surface area contributed by atoms with E-state index in [4.69, 9.17) is 9.47 Å². The molecule has 2 aliphatic rings. The van der Waals surface area contributed by atoms with Crippen LogP contribution in [0.1, 0.15) is 26.7 Å². The Balaban J connectivity index is 1.69. The summed E-state index contributed by atoms with van der Waals surface area (Å²) in [5.41, 5.74) is 0.231. The number of hydrogen-bond acceptors (Lipinski definition) is 7. The minimum atomic E-state index is -3.52. The van der Waals surface area contributed by atoms with Crippen LogP contribution in [0, 0.1) is 0 Å². The summed E-state index contributed by atoms with van der Waals surface area (Å²) in [7, 11) is -3.52. The maximum atomic E-state index is 12.1. The third-order valence-corrected chi connectivity index (χ3v) is 5.10. The van der Waals surface area contributed by atoms with Gasteiger partial charge in [0.25, 0.3) is 5.79 Å². The van der Waals surface area contributed by atoms with Gasteiger partial charge in [0.15, 0.2) is 5.57 Å². The van der Waals surface area contributed by atoms with Crippen LogP contribution < -0.4 is 10.0 Å². The first kappa shape index (κ1) is 17.4. The predicted molar refractivity (Wildman–Crippen MR) is 87.8 cm³/mol. The molecule has 0 spiro atoms. The van der Waals surface area contributed by atoms with E-state index >= 15 is 0 Å². The van der Waals surface area contributed by atoms with Crippen LogP contribution in [0.5, 0.6) is 0 Å².